The molecule has 0 radical (unpaired) electrons. The van der Waals surface area contributed by atoms with Gasteiger partial charge in [0.05, 0.1) is 5.75 Å². The second-order valence-electron chi connectivity index (χ2n) is 6.19. The van der Waals surface area contributed by atoms with Crippen LogP contribution in [-0.2, 0) is 4.79 Å². The Hall–Kier alpha value is -0.970. The van der Waals surface area contributed by atoms with E-state index in [0.717, 1.165) is 5.16 Å². The molecule has 1 heterocycles. The van der Waals surface area contributed by atoms with Gasteiger partial charge in [0.2, 0.25) is 0 Å². The largest absolute Gasteiger partial charge is 0.481 e. The lowest BCUT2D eigenvalue weighted by Gasteiger charge is -2.34. The smallest absolute Gasteiger partial charge is 0.313 e. The predicted octanol–water partition coefficient (Wildman–Crippen LogP) is 4.32. The van der Waals surface area contributed by atoms with E-state index in [1.54, 1.807) is 0 Å². The van der Waals surface area contributed by atoms with Crippen LogP contribution in [0.5, 0.6) is 0 Å². The molecule has 1 N–H and O–H groups in total. The van der Waals surface area contributed by atoms with Crippen molar-refractivity contribution < 1.29 is 9.90 Å². The van der Waals surface area contributed by atoms with E-state index in [4.69, 9.17) is 5.11 Å². The highest BCUT2D eigenvalue weighted by Gasteiger charge is 2.29. The summed E-state index contributed by atoms with van der Waals surface area (Å²) in [5.41, 5.74) is 1.24. The summed E-state index contributed by atoms with van der Waals surface area (Å²) in [5.74, 6) is 0.403. The third-order valence-corrected chi connectivity index (χ3v) is 5.38. The lowest BCUT2D eigenvalue weighted by atomic mass is 9.82. The molecule has 2 unspecified atom stereocenters. The molecule has 0 spiro atoms. The first-order valence-corrected chi connectivity index (χ1v) is 8.94. The predicted molar refractivity (Wildman–Crippen MR) is 86.0 cm³/mol. The fraction of sp³-hybridized carbons (Fsp3) is 0.750. The van der Waals surface area contributed by atoms with Crippen molar-refractivity contribution >= 4 is 17.7 Å². The molecule has 1 aromatic heterocycles. The maximum absolute atomic E-state index is 10.9. The number of carboxylic acid groups (broad SMARTS) is 1. The number of imidazole rings is 1. The summed E-state index contributed by atoms with van der Waals surface area (Å²) in [6.07, 6.45) is 8.17. The Labute approximate surface area is 131 Å². The van der Waals surface area contributed by atoms with Gasteiger partial charge in [0.1, 0.15) is 0 Å². The minimum atomic E-state index is -0.781. The van der Waals surface area contributed by atoms with Crippen molar-refractivity contribution in [1.29, 1.82) is 0 Å². The maximum atomic E-state index is 10.9. The molecule has 21 heavy (non-hydrogen) atoms. The average Bonchev–Trinajstić information content (AvgIpc) is 2.88. The molecule has 1 saturated carbocycles. The molecular formula is C16H26N2O2S. The second kappa shape index (κ2) is 7.34. The Bertz CT molecular complexity index is 485. The van der Waals surface area contributed by atoms with Crippen molar-refractivity contribution in [2.24, 2.45) is 5.92 Å². The van der Waals surface area contributed by atoms with Gasteiger partial charge in [0.25, 0.3) is 0 Å². The van der Waals surface area contributed by atoms with Crippen LogP contribution in [0.25, 0.3) is 0 Å². The fourth-order valence-electron chi connectivity index (χ4n) is 3.35. The molecule has 4 nitrogen and oxygen atoms in total. The van der Waals surface area contributed by atoms with Gasteiger partial charge in [-0.05, 0) is 24.7 Å². The summed E-state index contributed by atoms with van der Waals surface area (Å²) in [6.45, 7) is 6.63. The number of carboxylic acids is 1. The van der Waals surface area contributed by atoms with Crippen LogP contribution in [0.1, 0.15) is 70.5 Å². The molecule has 5 heteroatoms. The molecule has 2 atom stereocenters. The molecule has 1 aliphatic carbocycles. The summed E-state index contributed by atoms with van der Waals surface area (Å²) in [4.78, 5) is 15.4. The monoisotopic (exact) mass is 310 g/mol. The minimum absolute atomic E-state index is 0.0814. The van der Waals surface area contributed by atoms with Crippen molar-refractivity contribution in [3.8, 4) is 0 Å². The van der Waals surface area contributed by atoms with Crippen molar-refractivity contribution in [3.05, 3.63) is 11.9 Å². The number of aliphatic carboxylic acids is 1. The molecule has 1 aromatic rings. The van der Waals surface area contributed by atoms with E-state index >= 15 is 0 Å². The molecule has 0 aromatic carbocycles. The summed E-state index contributed by atoms with van der Waals surface area (Å²) in [7, 11) is 0. The first kappa shape index (κ1) is 16.4. The van der Waals surface area contributed by atoms with Gasteiger partial charge in [-0.15, -0.1) is 0 Å². The van der Waals surface area contributed by atoms with Crippen molar-refractivity contribution in [1.82, 2.24) is 9.55 Å². The number of rotatable bonds is 6. The lowest BCUT2D eigenvalue weighted by Crippen LogP contribution is -2.25. The Morgan fingerprint density at radius 1 is 1.48 bits per heavy atom. The van der Waals surface area contributed by atoms with Gasteiger partial charge in [0, 0.05) is 17.9 Å². The van der Waals surface area contributed by atoms with Crippen LogP contribution in [-0.4, -0.2) is 26.4 Å². The van der Waals surface area contributed by atoms with Crippen LogP contribution in [0.15, 0.2) is 11.4 Å². The van der Waals surface area contributed by atoms with Gasteiger partial charge in [0.15, 0.2) is 5.16 Å². The Morgan fingerprint density at radius 3 is 2.81 bits per heavy atom. The number of nitrogens with zero attached hydrogens (tertiary/aromatic N) is 2. The molecule has 1 fully saturated rings. The molecule has 2 rings (SSSR count). The molecular weight excluding hydrogens is 284 g/mol. The highest BCUT2D eigenvalue weighted by atomic mass is 32.2. The summed E-state index contributed by atoms with van der Waals surface area (Å²) in [5, 5.41) is 9.81. The number of hydrogen-bond acceptors (Lipinski definition) is 3. The molecule has 1 aliphatic rings. The summed E-state index contributed by atoms with van der Waals surface area (Å²) in [6, 6.07) is 0.486. The van der Waals surface area contributed by atoms with E-state index in [0.29, 0.717) is 17.9 Å². The molecule has 0 amide bonds. The van der Waals surface area contributed by atoms with Crippen LogP contribution in [0.3, 0.4) is 0 Å². The summed E-state index contributed by atoms with van der Waals surface area (Å²) >= 11 is 1.35. The standard InChI is InChI=1S/C16H26N2O2S/c1-4-12-7-5-6-8-13(12)18-14(11(2)3)9-17-16(18)21-10-15(19)20/h9,11-13H,4-8,10H2,1-3H3,(H,19,20). The Balaban J connectivity index is 2.32. The highest BCUT2D eigenvalue weighted by Crippen LogP contribution is 2.40. The van der Waals surface area contributed by atoms with Crippen LogP contribution in [0, 0.1) is 5.92 Å². The van der Waals surface area contributed by atoms with E-state index < -0.39 is 5.97 Å². The SMILES string of the molecule is CCC1CCCCC1n1c(C(C)C)cnc1SCC(=O)O. The third-order valence-electron chi connectivity index (χ3n) is 4.43. The number of carbonyl (C=O) groups is 1. The van der Waals surface area contributed by atoms with Crippen molar-refractivity contribution in [3.63, 3.8) is 0 Å². The van der Waals surface area contributed by atoms with Crippen LogP contribution >= 0.6 is 11.8 Å². The average molecular weight is 310 g/mol. The van der Waals surface area contributed by atoms with E-state index in [1.165, 1.54) is 49.6 Å². The fourth-order valence-corrected chi connectivity index (χ4v) is 4.11. The van der Waals surface area contributed by atoms with Crippen LogP contribution < -0.4 is 0 Å². The van der Waals surface area contributed by atoms with E-state index in [2.05, 4.69) is 30.3 Å². The van der Waals surface area contributed by atoms with Crippen molar-refractivity contribution in [2.75, 3.05) is 5.75 Å². The first-order valence-electron chi connectivity index (χ1n) is 7.96. The van der Waals surface area contributed by atoms with Crippen molar-refractivity contribution in [2.45, 2.75) is 70.0 Å². The molecule has 0 saturated heterocycles. The first-order chi connectivity index (χ1) is 10.0. The van der Waals surface area contributed by atoms with E-state index in [1.807, 2.05) is 6.20 Å². The topological polar surface area (TPSA) is 55.1 Å². The molecule has 0 aliphatic heterocycles. The van der Waals surface area contributed by atoms with Gasteiger partial charge in [-0.3, -0.25) is 4.79 Å². The number of hydrogen-bond donors (Lipinski definition) is 1. The summed E-state index contributed by atoms with van der Waals surface area (Å²) < 4.78 is 2.35. The van der Waals surface area contributed by atoms with E-state index in [9.17, 15) is 4.79 Å². The minimum Gasteiger partial charge on any atom is -0.481 e. The van der Waals surface area contributed by atoms with Crippen LogP contribution in [0.2, 0.25) is 0 Å². The zero-order valence-corrected chi connectivity index (χ0v) is 14.0. The number of thioether (sulfide) groups is 1. The maximum Gasteiger partial charge on any atom is 0.313 e. The van der Waals surface area contributed by atoms with Gasteiger partial charge in [-0.1, -0.05) is 51.8 Å². The van der Waals surface area contributed by atoms with Crippen LogP contribution in [0.4, 0.5) is 0 Å². The highest BCUT2D eigenvalue weighted by molar-refractivity contribution is 7.99. The Kier molecular flexibility index (Phi) is 5.73. The zero-order chi connectivity index (χ0) is 15.4. The van der Waals surface area contributed by atoms with Gasteiger partial charge < -0.3 is 9.67 Å². The molecule has 118 valence electrons. The van der Waals surface area contributed by atoms with Gasteiger partial charge in [-0.2, -0.15) is 0 Å². The quantitative estimate of drug-likeness (QED) is 0.795. The molecule has 0 bridgehead atoms. The van der Waals surface area contributed by atoms with Gasteiger partial charge >= 0.3 is 5.97 Å². The number of aromatic nitrogens is 2. The third kappa shape index (κ3) is 3.82. The second-order valence-corrected chi connectivity index (χ2v) is 7.14. The van der Waals surface area contributed by atoms with E-state index in [-0.39, 0.29) is 5.75 Å². The lowest BCUT2D eigenvalue weighted by molar-refractivity contribution is -0.133. The normalized spacial score (nSPS) is 22.7. The van der Waals surface area contributed by atoms with Gasteiger partial charge in [-0.25, -0.2) is 4.98 Å². The zero-order valence-electron chi connectivity index (χ0n) is 13.2. The Morgan fingerprint density at radius 2 is 2.19 bits per heavy atom.